The summed E-state index contributed by atoms with van der Waals surface area (Å²) >= 11 is 0. The Labute approximate surface area is 150 Å². The molecule has 0 aromatic heterocycles. The number of rotatable bonds is 16. The third-order valence-electron chi connectivity index (χ3n) is 3.85. The highest BCUT2D eigenvalue weighted by Gasteiger charge is 1.98. The van der Waals surface area contributed by atoms with Crippen molar-refractivity contribution in [3.63, 3.8) is 0 Å². The van der Waals surface area contributed by atoms with E-state index in [2.05, 4.69) is 43.4 Å². The fraction of sp³-hybridized carbons (Fsp3) is 0.682. The Balaban J connectivity index is 3.35. The quantitative estimate of drug-likeness (QED) is 0.132. The van der Waals surface area contributed by atoms with Crippen LogP contribution in [0, 0.1) is 0 Å². The van der Waals surface area contributed by atoms with Crippen molar-refractivity contribution < 1.29 is 9.53 Å². The van der Waals surface area contributed by atoms with E-state index in [-0.39, 0.29) is 5.97 Å². The van der Waals surface area contributed by atoms with Gasteiger partial charge in [-0.05, 0) is 39.0 Å². The standard InChI is InChI=1S/C22H38O2/c1-3-5-6-7-8-9-10-11-12-13-14-15-16-17-18-19-20-21-22(23)24-4-2/h12-15,17-18H,3-11,16,19-21H2,1-2H3/b13-12?,15-14?,18-17-. The van der Waals surface area contributed by atoms with Crippen LogP contribution < -0.4 is 0 Å². The van der Waals surface area contributed by atoms with E-state index in [9.17, 15) is 4.79 Å². The van der Waals surface area contributed by atoms with E-state index in [1.165, 1.54) is 51.4 Å². The first kappa shape index (κ1) is 22.7. The van der Waals surface area contributed by atoms with Gasteiger partial charge >= 0.3 is 5.97 Å². The third kappa shape index (κ3) is 18.7. The summed E-state index contributed by atoms with van der Waals surface area (Å²) in [5.74, 6) is -0.0862. The molecule has 0 atom stereocenters. The summed E-state index contributed by atoms with van der Waals surface area (Å²) < 4.78 is 4.89. The second kappa shape index (κ2) is 19.7. The van der Waals surface area contributed by atoms with E-state index in [4.69, 9.17) is 4.74 Å². The molecule has 0 unspecified atom stereocenters. The molecule has 0 aliphatic heterocycles. The predicted molar refractivity (Wildman–Crippen MR) is 105 cm³/mol. The Kier molecular flexibility index (Phi) is 18.7. The molecule has 138 valence electrons. The molecule has 0 spiro atoms. The van der Waals surface area contributed by atoms with Crippen LogP contribution in [0.2, 0.25) is 0 Å². The maximum absolute atomic E-state index is 11.1. The topological polar surface area (TPSA) is 26.3 Å². The van der Waals surface area contributed by atoms with Gasteiger partial charge in [0.15, 0.2) is 0 Å². The van der Waals surface area contributed by atoms with Gasteiger partial charge in [0.05, 0.1) is 6.61 Å². The lowest BCUT2D eigenvalue weighted by atomic mass is 10.1. The molecule has 0 aliphatic rings. The number of hydrogen-bond donors (Lipinski definition) is 0. The molecule has 0 bridgehead atoms. The van der Waals surface area contributed by atoms with E-state index in [0.717, 1.165) is 19.3 Å². The predicted octanol–water partition coefficient (Wildman–Crippen LogP) is 6.92. The van der Waals surface area contributed by atoms with Crippen molar-refractivity contribution in [2.75, 3.05) is 6.61 Å². The van der Waals surface area contributed by atoms with Crippen molar-refractivity contribution in [2.24, 2.45) is 0 Å². The average Bonchev–Trinajstić information content (AvgIpc) is 2.58. The summed E-state index contributed by atoms with van der Waals surface area (Å²) in [5.41, 5.74) is 0. The number of carbonyl (C=O) groups excluding carboxylic acids is 1. The van der Waals surface area contributed by atoms with Crippen molar-refractivity contribution in [3.05, 3.63) is 36.5 Å². The van der Waals surface area contributed by atoms with E-state index in [1.54, 1.807) is 0 Å². The maximum atomic E-state index is 11.1. The van der Waals surface area contributed by atoms with Crippen molar-refractivity contribution in [1.82, 2.24) is 0 Å². The molecule has 2 heteroatoms. The van der Waals surface area contributed by atoms with Crippen molar-refractivity contribution in [1.29, 1.82) is 0 Å². The van der Waals surface area contributed by atoms with Gasteiger partial charge in [-0.15, -0.1) is 0 Å². The summed E-state index contributed by atoms with van der Waals surface area (Å²) in [6.45, 7) is 4.58. The number of hydrogen-bond acceptors (Lipinski definition) is 2. The van der Waals surface area contributed by atoms with Gasteiger partial charge in [0.2, 0.25) is 0 Å². The van der Waals surface area contributed by atoms with Gasteiger partial charge in [-0.3, -0.25) is 4.79 Å². The SMILES string of the molecule is CCCCCCCCCC=CC=CC/C=C\CCCC(=O)OCC. The van der Waals surface area contributed by atoms with Gasteiger partial charge < -0.3 is 4.74 Å². The van der Waals surface area contributed by atoms with Crippen molar-refractivity contribution >= 4 is 5.97 Å². The highest BCUT2D eigenvalue weighted by molar-refractivity contribution is 5.69. The molecule has 0 N–H and O–H groups in total. The molecule has 0 fully saturated rings. The van der Waals surface area contributed by atoms with E-state index in [0.29, 0.717) is 13.0 Å². The lowest BCUT2D eigenvalue weighted by molar-refractivity contribution is -0.143. The third-order valence-corrected chi connectivity index (χ3v) is 3.85. The molecule has 0 radical (unpaired) electrons. The van der Waals surface area contributed by atoms with Crippen molar-refractivity contribution in [3.8, 4) is 0 Å². The first-order valence-corrected chi connectivity index (χ1v) is 9.93. The zero-order valence-corrected chi connectivity index (χ0v) is 16.0. The van der Waals surface area contributed by atoms with E-state index in [1.807, 2.05) is 6.92 Å². The number of ether oxygens (including phenoxy) is 1. The minimum atomic E-state index is -0.0862. The van der Waals surface area contributed by atoms with Gasteiger partial charge in [0.1, 0.15) is 0 Å². The molecule has 0 aliphatic carbocycles. The van der Waals surface area contributed by atoms with Crippen LogP contribution in [-0.4, -0.2) is 12.6 Å². The van der Waals surface area contributed by atoms with Crippen LogP contribution in [0.1, 0.15) is 90.9 Å². The zero-order chi connectivity index (χ0) is 17.7. The van der Waals surface area contributed by atoms with E-state index >= 15 is 0 Å². The van der Waals surface area contributed by atoms with Gasteiger partial charge in [0, 0.05) is 6.42 Å². The molecule has 0 aromatic rings. The fourth-order valence-corrected chi connectivity index (χ4v) is 2.44. The van der Waals surface area contributed by atoms with Crippen LogP contribution in [0.4, 0.5) is 0 Å². The smallest absolute Gasteiger partial charge is 0.305 e. The number of carbonyl (C=O) groups is 1. The second-order valence-corrected chi connectivity index (χ2v) is 6.17. The molecule has 2 nitrogen and oxygen atoms in total. The highest BCUT2D eigenvalue weighted by Crippen LogP contribution is 2.08. The molecule has 0 aromatic carbocycles. The number of esters is 1. The van der Waals surface area contributed by atoms with Gasteiger partial charge in [-0.25, -0.2) is 0 Å². The fourth-order valence-electron chi connectivity index (χ4n) is 2.44. The molecular formula is C22H38O2. The molecule has 0 saturated heterocycles. The van der Waals surface area contributed by atoms with Gasteiger partial charge in [-0.1, -0.05) is 81.9 Å². The lowest BCUT2D eigenvalue weighted by Gasteiger charge is -1.98. The lowest BCUT2D eigenvalue weighted by Crippen LogP contribution is -2.02. The molecule has 0 heterocycles. The Morgan fingerprint density at radius 2 is 1.42 bits per heavy atom. The summed E-state index contributed by atoms with van der Waals surface area (Å²) in [7, 11) is 0. The van der Waals surface area contributed by atoms with Gasteiger partial charge in [0.25, 0.3) is 0 Å². The Bertz CT molecular complexity index is 353. The summed E-state index contributed by atoms with van der Waals surface area (Å²) in [4.78, 5) is 11.1. The number of unbranched alkanes of at least 4 members (excludes halogenated alkanes) is 8. The Hall–Kier alpha value is -1.31. The minimum Gasteiger partial charge on any atom is -0.466 e. The Morgan fingerprint density at radius 1 is 0.750 bits per heavy atom. The first-order chi connectivity index (χ1) is 11.8. The molecule has 0 rings (SSSR count). The largest absolute Gasteiger partial charge is 0.466 e. The van der Waals surface area contributed by atoms with Crippen molar-refractivity contribution in [2.45, 2.75) is 90.9 Å². The normalized spacial score (nSPS) is 11.9. The summed E-state index contributed by atoms with van der Waals surface area (Å²) in [6.07, 6.45) is 27.1. The van der Waals surface area contributed by atoms with Crippen LogP contribution in [-0.2, 0) is 9.53 Å². The van der Waals surface area contributed by atoms with Crippen LogP contribution in [0.5, 0.6) is 0 Å². The highest BCUT2D eigenvalue weighted by atomic mass is 16.5. The molecule has 24 heavy (non-hydrogen) atoms. The van der Waals surface area contributed by atoms with Crippen LogP contribution in [0.25, 0.3) is 0 Å². The van der Waals surface area contributed by atoms with Crippen LogP contribution >= 0.6 is 0 Å². The van der Waals surface area contributed by atoms with Crippen LogP contribution in [0.3, 0.4) is 0 Å². The average molecular weight is 335 g/mol. The van der Waals surface area contributed by atoms with Crippen LogP contribution in [0.15, 0.2) is 36.5 Å². The maximum Gasteiger partial charge on any atom is 0.305 e. The monoisotopic (exact) mass is 334 g/mol. The minimum absolute atomic E-state index is 0.0862. The van der Waals surface area contributed by atoms with Gasteiger partial charge in [-0.2, -0.15) is 0 Å². The second-order valence-electron chi connectivity index (χ2n) is 6.17. The molecular weight excluding hydrogens is 296 g/mol. The summed E-state index contributed by atoms with van der Waals surface area (Å²) in [6, 6.07) is 0. The molecule has 0 amide bonds. The first-order valence-electron chi connectivity index (χ1n) is 9.93. The Morgan fingerprint density at radius 3 is 2.17 bits per heavy atom. The number of allylic oxidation sites excluding steroid dienone is 6. The molecule has 0 saturated carbocycles. The summed E-state index contributed by atoms with van der Waals surface area (Å²) in [5, 5.41) is 0. The zero-order valence-electron chi connectivity index (χ0n) is 16.0. The van der Waals surface area contributed by atoms with E-state index < -0.39 is 0 Å².